The normalized spacial score (nSPS) is 14.9. The average Bonchev–Trinajstić information content (AvgIpc) is 2.82. The van der Waals surface area contributed by atoms with Crippen molar-refractivity contribution in [3.05, 3.63) is 42.0 Å². The lowest BCUT2D eigenvalue weighted by Crippen LogP contribution is -2.37. The highest BCUT2D eigenvalue weighted by Crippen LogP contribution is 2.35. The molecule has 2 heterocycles. The van der Waals surface area contributed by atoms with Gasteiger partial charge in [0.2, 0.25) is 0 Å². The first kappa shape index (κ1) is 23.0. The van der Waals surface area contributed by atoms with E-state index in [1.165, 1.54) is 19.2 Å². The van der Waals surface area contributed by atoms with Crippen molar-refractivity contribution >= 4 is 22.4 Å². The van der Waals surface area contributed by atoms with Gasteiger partial charge in [0.05, 0.1) is 37.9 Å². The zero-order valence-electron chi connectivity index (χ0n) is 18.1. The van der Waals surface area contributed by atoms with Crippen molar-refractivity contribution in [1.29, 1.82) is 0 Å². The fourth-order valence-corrected chi connectivity index (χ4v) is 3.56. The molecule has 0 bridgehead atoms. The minimum absolute atomic E-state index is 0.231. The van der Waals surface area contributed by atoms with Crippen molar-refractivity contribution < 1.29 is 27.4 Å². The van der Waals surface area contributed by atoms with Crippen molar-refractivity contribution in [2.24, 2.45) is 0 Å². The van der Waals surface area contributed by atoms with Crippen molar-refractivity contribution in [3.8, 4) is 11.5 Å². The van der Waals surface area contributed by atoms with Gasteiger partial charge < -0.3 is 19.5 Å². The lowest BCUT2D eigenvalue weighted by molar-refractivity contribution is -0.137. The number of morpholine rings is 1. The minimum atomic E-state index is -4.44. The fraction of sp³-hybridized carbons (Fsp3) is 0.409. The summed E-state index contributed by atoms with van der Waals surface area (Å²) in [6.07, 6.45) is -3.60. The molecule has 1 fully saturated rings. The van der Waals surface area contributed by atoms with Gasteiger partial charge in [0.15, 0.2) is 17.3 Å². The van der Waals surface area contributed by atoms with Gasteiger partial charge in [-0.25, -0.2) is 0 Å². The molecule has 2 aromatic carbocycles. The molecule has 1 saturated heterocycles. The molecule has 1 aliphatic rings. The highest BCUT2D eigenvalue weighted by atomic mass is 19.4. The Hall–Kier alpha value is -3.18. The predicted octanol–water partition coefficient (Wildman–Crippen LogP) is 3.90. The Morgan fingerprint density at radius 1 is 1.09 bits per heavy atom. The number of fused-ring (bicyclic) bond motifs is 1. The van der Waals surface area contributed by atoms with Crippen molar-refractivity contribution in [2.75, 3.05) is 51.9 Å². The number of hydrogen-bond acceptors (Lipinski definition) is 8. The second-order valence-corrected chi connectivity index (χ2v) is 7.52. The third-order valence-electron chi connectivity index (χ3n) is 5.27. The van der Waals surface area contributed by atoms with Crippen LogP contribution in [-0.4, -0.2) is 66.9 Å². The van der Waals surface area contributed by atoms with Gasteiger partial charge in [-0.1, -0.05) is 6.07 Å². The summed E-state index contributed by atoms with van der Waals surface area (Å²) in [5, 5.41) is 15.2. The summed E-state index contributed by atoms with van der Waals surface area (Å²) < 4.78 is 55.8. The van der Waals surface area contributed by atoms with E-state index in [2.05, 4.69) is 25.6 Å². The van der Waals surface area contributed by atoms with E-state index in [9.17, 15) is 13.2 Å². The molecule has 0 saturated carbocycles. The van der Waals surface area contributed by atoms with E-state index in [0.29, 0.717) is 29.0 Å². The van der Waals surface area contributed by atoms with E-state index in [-0.39, 0.29) is 11.5 Å². The standard InChI is InChI=1S/C22H24F3N5O3/c1-31-19-13-17-18(14-20(19)33-9-3-6-30-7-10-32-11-8-30)27-29-28-21(17)26-16-5-2-4-15(12-16)22(23,24)25/h2,4-5,12-14H,3,6-11H2,1H3,(H,26,27,28). The van der Waals surface area contributed by atoms with Gasteiger partial charge in [-0.2, -0.15) is 13.2 Å². The number of ether oxygens (including phenoxy) is 3. The highest BCUT2D eigenvalue weighted by Gasteiger charge is 2.30. The van der Waals surface area contributed by atoms with Crippen LogP contribution in [0.25, 0.3) is 10.9 Å². The number of nitrogens with one attached hydrogen (secondary N) is 1. The molecule has 8 nitrogen and oxygen atoms in total. The number of nitrogens with zero attached hydrogens (tertiary/aromatic N) is 4. The van der Waals surface area contributed by atoms with E-state index in [1.54, 1.807) is 12.1 Å². The molecule has 1 aromatic heterocycles. The zero-order valence-corrected chi connectivity index (χ0v) is 18.1. The first-order valence-electron chi connectivity index (χ1n) is 10.5. The minimum Gasteiger partial charge on any atom is -0.493 e. The van der Waals surface area contributed by atoms with Gasteiger partial charge in [-0.05, 0) is 35.9 Å². The molecule has 0 radical (unpaired) electrons. The van der Waals surface area contributed by atoms with Crippen LogP contribution in [-0.2, 0) is 10.9 Å². The Balaban J connectivity index is 1.49. The van der Waals surface area contributed by atoms with Gasteiger partial charge >= 0.3 is 6.18 Å². The smallest absolute Gasteiger partial charge is 0.416 e. The largest absolute Gasteiger partial charge is 0.493 e. The zero-order chi connectivity index (χ0) is 23.3. The van der Waals surface area contributed by atoms with Crippen LogP contribution >= 0.6 is 0 Å². The first-order chi connectivity index (χ1) is 15.9. The van der Waals surface area contributed by atoms with Crippen LogP contribution in [0, 0.1) is 0 Å². The molecule has 1 aliphatic heterocycles. The topological polar surface area (TPSA) is 81.6 Å². The third kappa shape index (κ3) is 5.79. The molecule has 3 aromatic rings. The monoisotopic (exact) mass is 463 g/mol. The van der Waals surface area contributed by atoms with Gasteiger partial charge in [0.1, 0.15) is 5.52 Å². The molecular weight excluding hydrogens is 439 g/mol. The van der Waals surface area contributed by atoms with E-state index < -0.39 is 11.7 Å². The lowest BCUT2D eigenvalue weighted by Gasteiger charge is -2.26. The predicted molar refractivity (Wildman–Crippen MR) is 116 cm³/mol. The second-order valence-electron chi connectivity index (χ2n) is 7.52. The fourth-order valence-electron chi connectivity index (χ4n) is 3.56. The highest BCUT2D eigenvalue weighted by molar-refractivity contribution is 5.92. The van der Waals surface area contributed by atoms with E-state index >= 15 is 0 Å². The van der Waals surface area contributed by atoms with Gasteiger partial charge in [-0.15, -0.1) is 10.2 Å². The number of rotatable bonds is 8. The average molecular weight is 463 g/mol. The molecule has 0 unspecified atom stereocenters. The van der Waals surface area contributed by atoms with E-state index in [1.807, 2.05) is 0 Å². The number of hydrogen-bond donors (Lipinski definition) is 1. The maximum atomic E-state index is 13.0. The van der Waals surface area contributed by atoms with Crippen LogP contribution in [0.1, 0.15) is 12.0 Å². The first-order valence-corrected chi connectivity index (χ1v) is 10.5. The summed E-state index contributed by atoms with van der Waals surface area (Å²) in [5.41, 5.74) is -0.0540. The van der Waals surface area contributed by atoms with Crippen LogP contribution in [0.5, 0.6) is 11.5 Å². The Kier molecular flexibility index (Phi) is 7.09. The quantitative estimate of drug-likeness (QED) is 0.504. The summed E-state index contributed by atoms with van der Waals surface area (Å²) in [5.74, 6) is 1.24. The maximum absolute atomic E-state index is 13.0. The molecule has 1 N–H and O–H groups in total. The van der Waals surface area contributed by atoms with Crippen LogP contribution in [0.4, 0.5) is 24.7 Å². The lowest BCUT2D eigenvalue weighted by atomic mass is 10.1. The summed E-state index contributed by atoms with van der Waals surface area (Å²) >= 11 is 0. The van der Waals surface area contributed by atoms with Crippen molar-refractivity contribution in [2.45, 2.75) is 12.6 Å². The van der Waals surface area contributed by atoms with Crippen molar-refractivity contribution in [1.82, 2.24) is 20.3 Å². The summed E-state index contributed by atoms with van der Waals surface area (Å²) in [4.78, 5) is 2.33. The molecule has 0 amide bonds. The molecule has 4 rings (SSSR count). The van der Waals surface area contributed by atoms with Crippen LogP contribution in [0.3, 0.4) is 0 Å². The van der Waals surface area contributed by atoms with E-state index in [0.717, 1.165) is 51.4 Å². The van der Waals surface area contributed by atoms with Gasteiger partial charge in [0.25, 0.3) is 0 Å². The Morgan fingerprint density at radius 2 is 1.91 bits per heavy atom. The number of aromatic nitrogens is 3. The Morgan fingerprint density at radius 3 is 2.67 bits per heavy atom. The molecule has 33 heavy (non-hydrogen) atoms. The maximum Gasteiger partial charge on any atom is 0.416 e. The number of alkyl halides is 3. The van der Waals surface area contributed by atoms with Crippen LogP contribution in [0.15, 0.2) is 36.4 Å². The third-order valence-corrected chi connectivity index (χ3v) is 5.27. The Labute approximate surface area is 188 Å². The molecule has 176 valence electrons. The van der Waals surface area contributed by atoms with Crippen LogP contribution < -0.4 is 14.8 Å². The van der Waals surface area contributed by atoms with Crippen molar-refractivity contribution in [3.63, 3.8) is 0 Å². The molecule has 11 heteroatoms. The number of methoxy groups -OCH3 is 1. The molecule has 0 spiro atoms. The summed E-state index contributed by atoms with van der Waals surface area (Å²) in [7, 11) is 1.52. The number of anilines is 2. The molecular formula is C22H24F3N5O3. The number of benzene rings is 2. The van der Waals surface area contributed by atoms with Gasteiger partial charge in [0, 0.05) is 31.4 Å². The molecule has 0 atom stereocenters. The second kappa shape index (κ2) is 10.2. The molecule has 0 aliphatic carbocycles. The summed E-state index contributed by atoms with van der Waals surface area (Å²) in [6.45, 7) is 4.75. The Bertz CT molecular complexity index is 1090. The van der Waals surface area contributed by atoms with E-state index in [4.69, 9.17) is 14.2 Å². The SMILES string of the molecule is COc1cc2c(Nc3cccc(C(F)(F)F)c3)nnnc2cc1OCCCN1CCOCC1. The summed E-state index contributed by atoms with van der Waals surface area (Å²) in [6, 6.07) is 8.24. The number of halogens is 3. The van der Waals surface area contributed by atoms with Gasteiger partial charge in [-0.3, -0.25) is 4.90 Å². The van der Waals surface area contributed by atoms with Crippen LogP contribution in [0.2, 0.25) is 0 Å².